The summed E-state index contributed by atoms with van der Waals surface area (Å²) in [6, 6.07) is 18.0. The lowest BCUT2D eigenvalue weighted by Crippen LogP contribution is -2.44. The molecule has 10 heteroatoms. The number of hydrogen-bond acceptors (Lipinski definition) is 4. The van der Waals surface area contributed by atoms with E-state index >= 15 is 0 Å². The van der Waals surface area contributed by atoms with Crippen molar-refractivity contribution in [1.29, 1.82) is 0 Å². The van der Waals surface area contributed by atoms with E-state index in [4.69, 9.17) is 0 Å². The number of nitrogens with one attached hydrogen (secondary N) is 1. The molecule has 0 spiro atoms. The van der Waals surface area contributed by atoms with Crippen molar-refractivity contribution in [2.75, 3.05) is 24.5 Å². The molecule has 4 aromatic rings. The normalized spacial score (nSPS) is 17.5. The molecule has 1 saturated heterocycles. The number of nitrogens with zero attached hydrogens (tertiary/aromatic N) is 3. The van der Waals surface area contributed by atoms with E-state index in [0.29, 0.717) is 44.7 Å². The summed E-state index contributed by atoms with van der Waals surface area (Å²) >= 11 is 0. The number of aromatic nitrogens is 1. The van der Waals surface area contributed by atoms with Crippen molar-refractivity contribution < 1.29 is 27.6 Å². The molecule has 3 aromatic carbocycles. The minimum absolute atomic E-state index is 0.131. The lowest BCUT2D eigenvalue weighted by atomic mass is 9.93. The van der Waals surface area contributed by atoms with Gasteiger partial charge in [-0.15, -0.1) is 0 Å². The number of halogens is 3. The van der Waals surface area contributed by atoms with Gasteiger partial charge in [-0.1, -0.05) is 36.4 Å². The number of benzene rings is 3. The fourth-order valence-corrected chi connectivity index (χ4v) is 6.76. The van der Waals surface area contributed by atoms with Crippen LogP contribution >= 0.6 is 0 Å². The fraction of sp³-hybridized carbons (Fsp3) is 0.303. The second-order valence-corrected chi connectivity index (χ2v) is 11.5. The van der Waals surface area contributed by atoms with Crippen LogP contribution in [0.5, 0.6) is 0 Å². The number of H-pyrrole nitrogens is 1. The average molecular weight is 587 g/mol. The predicted molar refractivity (Wildman–Crippen MR) is 154 cm³/mol. The highest BCUT2D eigenvalue weighted by Gasteiger charge is 2.40. The molecule has 4 heterocycles. The van der Waals surface area contributed by atoms with Crippen LogP contribution in [0.1, 0.15) is 55.9 Å². The lowest BCUT2D eigenvalue weighted by molar-refractivity contribution is -0.138. The molecule has 3 aliphatic rings. The molecule has 0 atom stereocenters. The molecule has 43 heavy (non-hydrogen) atoms. The molecule has 0 radical (unpaired) electrons. The first kappa shape index (κ1) is 27.2. The number of imide groups is 1. The van der Waals surface area contributed by atoms with Gasteiger partial charge in [-0.2, -0.15) is 13.2 Å². The van der Waals surface area contributed by atoms with E-state index in [9.17, 15) is 27.6 Å². The molecule has 0 saturated carbocycles. The Kier molecular flexibility index (Phi) is 6.52. The van der Waals surface area contributed by atoms with Crippen LogP contribution in [0.3, 0.4) is 0 Å². The molecule has 220 valence electrons. The third-order valence-corrected chi connectivity index (χ3v) is 8.95. The van der Waals surface area contributed by atoms with Gasteiger partial charge in [-0.25, -0.2) is 0 Å². The number of carbonyl (C=O) groups excluding carboxylic acids is 3. The van der Waals surface area contributed by atoms with Gasteiger partial charge in [0.05, 0.1) is 35.5 Å². The molecular weight excluding hydrogens is 557 g/mol. The summed E-state index contributed by atoms with van der Waals surface area (Å²) in [6.07, 6.45) is -2.47. The van der Waals surface area contributed by atoms with Crippen LogP contribution in [0.25, 0.3) is 10.9 Å². The van der Waals surface area contributed by atoms with Crippen LogP contribution in [0.4, 0.5) is 18.9 Å². The van der Waals surface area contributed by atoms with Gasteiger partial charge in [0, 0.05) is 42.1 Å². The van der Waals surface area contributed by atoms with Gasteiger partial charge in [0.25, 0.3) is 11.8 Å². The third-order valence-electron chi connectivity index (χ3n) is 8.95. The molecule has 3 amide bonds. The zero-order valence-corrected chi connectivity index (χ0v) is 23.3. The molecule has 1 aromatic heterocycles. The van der Waals surface area contributed by atoms with Gasteiger partial charge in [0.15, 0.2) is 0 Å². The molecule has 1 N–H and O–H groups in total. The summed E-state index contributed by atoms with van der Waals surface area (Å²) in [5.74, 6) is -1.03. The Morgan fingerprint density at radius 3 is 2.47 bits per heavy atom. The van der Waals surface area contributed by atoms with E-state index in [1.165, 1.54) is 23.1 Å². The highest BCUT2D eigenvalue weighted by molar-refractivity contribution is 6.23. The Hall–Kier alpha value is -4.60. The zero-order valence-electron chi connectivity index (χ0n) is 23.3. The summed E-state index contributed by atoms with van der Waals surface area (Å²) in [7, 11) is 0. The second kappa shape index (κ2) is 10.3. The summed E-state index contributed by atoms with van der Waals surface area (Å²) in [5, 5.41) is 1.22. The zero-order chi connectivity index (χ0) is 29.9. The number of anilines is 1. The Bertz CT molecular complexity index is 1770. The summed E-state index contributed by atoms with van der Waals surface area (Å²) < 4.78 is 39.6. The van der Waals surface area contributed by atoms with Crippen molar-refractivity contribution in [3.63, 3.8) is 0 Å². The first-order valence-corrected chi connectivity index (χ1v) is 14.5. The molecule has 7 nitrogen and oxygen atoms in total. The van der Waals surface area contributed by atoms with Gasteiger partial charge in [-0.3, -0.25) is 19.3 Å². The molecule has 3 aliphatic heterocycles. The minimum atomic E-state index is -4.52. The third kappa shape index (κ3) is 4.74. The number of aromatic amines is 1. The van der Waals surface area contributed by atoms with E-state index in [0.717, 1.165) is 34.7 Å². The second-order valence-electron chi connectivity index (χ2n) is 11.5. The average Bonchev–Trinajstić information content (AvgIpc) is 3.51. The standard InChI is InChI=1S/C33H29F3N4O3/c34-33(35,36)22-6-3-5-20(17-22)18-40-31(42)25-8-4-10-28(29(25)32(40)43)38-14-11-21(12-15-38)30(41)39-16-13-24-23-7-1-2-9-26(23)37-27(24)19-39/h1-10,17,21,37H,11-16,18-19H2. The Morgan fingerprint density at radius 2 is 1.67 bits per heavy atom. The highest BCUT2D eigenvalue weighted by Crippen LogP contribution is 2.36. The van der Waals surface area contributed by atoms with Crippen molar-refractivity contribution in [2.45, 2.75) is 38.5 Å². The van der Waals surface area contributed by atoms with Crippen molar-refractivity contribution in [1.82, 2.24) is 14.8 Å². The van der Waals surface area contributed by atoms with Gasteiger partial charge in [0.1, 0.15) is 0 Å². The van der Waals surface area contributed by atoms with Gasteiger partial charge < -0.3 is 14.8 Å². The molecular formula is C33H29F3N4O3. The maximum absolute atomic E-state index is 13.5. The number of rotatable bonds is 4. The largest absolute Gasteiger partial charge is 0.416 e. The van der Waals surface area contributed by atoms with E-state index < -0.39 is 23.6 Å². The van der Waals surface area contributed by atoms with Crippen LogP contribution in [-0.2, 0) is 30.5 Å². The van der Waals surface area contributed by atoms with Gasteiger partial charge in [-0.05, 0) is 60.7 Å². The minimum Gasteiger partial charge on any atom is -0.371 e. The maximum atomic E-state index is 13.5. The van der Waals surface area contributed by atoms with E-state index in [1.807, 2.05) is 21.9 Å². The number of alkyl halides is 3. The number of para-hydroxylation sites is 1. The van der Waals surface area contributed by atoms with Crippen LogP contribution in [-0.4, -0.2) is 52.1 Å². The molecule has 7 rings (SSSR count). The fourth-order valence-electron chi connectivity index (χ4n) is 6.76. The first-order valence-electron chi connectivity index (χ1n) is 14.5. The topological polar surface area (TPSA) is 76.7 Å². The number of fused-ring (bicyclic) bond motifs is 4. The monoisotopic (exact) mass is 586 g/mol. The first-order chi connectivity index (χ1) is 20.7. The molecule has 0 aliphatic carbocycles. The van der Waals surface area contributed by atoms with Crippen LogP contribution < -0.4 is 4.90 Å². The van der Waals surface area contributed by atoms with Gasteiger partial charge >= 0.3 is 6.18 Å². The van der Waals surface area contributed by atoms with Crippen molar-refractivity contribution in [3.8, 4) is 0 Å². The highest BCUT2D eigenvalue weighted by atomic mass is 19.4. The van der Waals surface area contributed by atoms with E-state index in [1.54, 1.807) is 18.2 Å². The van der Waals surface area contributed by atoms with Crippen LogP contribution in [0.2, 0.25) is 0 Å². The number of carbonyl (C=O) groups is 3. The predicted octanol–water partition coefficient (Wildman–Crippen LogP) is 5.78. The smallest absolute Gasteiger partial charge is 0.371 e. The Labute approximate surface area is 245 Å². The van der Waals surface area contributed by atoms with E-state index in [2.05, 4.69) is 17.1 Å². The van der Waals surface area contributed by atoms with Crippen LogP contribution in [0, 0.1) is 5.92 Å². The maximum Gasteiger partial charge on any atom is 0.416 e. The lowest BCUT2D eigenvalue weighted by Gasteiger charge is -2.37. The van der Waals surface area contributed by atoms with E-state index in [-0.39, 0.29) is 35.1 Å². The molecule has 1 fully saturated rings. The van der Waals surface area contributed by atoms with Crippen LogP contribution in [0.15, 0.2) is 66.7 Å². The van der Waals surface area contributed by atoms with Crippen molar-refractivity contribution in [2.24, 2.45) is 5.92 Å². The molecule has 0 unspecified atom stereocenters. The number of piperidine rings is 1. The van der Waals surface area contributed by atoms with Crippen molar-refractivity contribution >= 4 is 34.3 Å². The SMILES string of the molecule is O=C(C1CCN(c2cccc3c2C(=O)N(Cc2cccc(C(F)(F)F)c2)C3=O)CC1)N1CCc2c([nH]c3ccccc23)C1. The Balaban J connectivity index is 1.03. The number of hydrogen-bond donors (Lipinski definition) is 1. The quantitative estimate of drug-likeness (QED) is 0.308. The summed E-state index contributed by atoms with van der Waals surface area (Å²) in [5.41, 5.74) is 4.00. The van der Waals surface area contributed by atoms with Gasteiger partial charge in [0.2, 0.25) is 5.91 Å². The summed E-state index contributed by atoms with van der Waals surface area (Å²) in [6.45, 7) is 2.09. The Morgan fingerprint density at radius 1 is 0.907 bits per heavy atom. The van der Waals surface area contributed by atoms with Crippen molar-refractivity contribution in [3.05, 3.63) is 100 Å². The number of amides is 3. The summed E-state index contributed by atoms with van der Waals surface area (Å²) in [4.78, 5) is 48.7. The molecule has 0 bridgehead atoms.